The Morgan fingerprint density at radius 3 is 2.85 bits per heavy atom. The molecule has 1 aromatic carbocycles. The van der Waals surface area contributed by atoms with Crippen molar-refractivity contribution in [2.75, 3.05) is 17.6 Å². The Balaban J connectivity index is 0.000001000. The molecule has 1 aliphatic heterocycles. The molecule has 1 aromatic heterocycles. The zero-order valence-electron chi connectivity index (χ0n) is 11.3. The predicted octanol–water partition coefficient (Wildman–Crippen LogP) is 4.29. The van der Waals surface area contributed by atoms with Crippen molar-refractivity contribution in [1.82, 2.24) is 4.98 Å². The van der Waals surface area contributed by atoms with E-state index < -0.39 is 0 Å². The van der Waals surface area contributed by atoms with E-state index in [1.807, 2.05) is 19.1 Å². The van der Waals surface area contributed by atoms with Crippen molar-refractivity contribution in [1.29, 1.82) is 0 Å². The second-order valence-corrected chi connectivity index (χ2v) is 5.71. The Morgan fingerprint density at radius 2 is 2.05 bits per heavy atom. The highest BCUT2D eigenvalue weighted by molar-refractivity contribution is 7.19. The van der Waals surface area contributed by atoms with Gasteiger partial charge in [-0.1, -0.05) is 23.5 Å². The molecule has 3 nitrogen and oxygen atoms in total. The van der Waals surface area contributed by atoms with E-state index in [2.05, 4.69) is 11.4 Å². The second kappa shape index (κ2) is 7.16. The van der Waals surface area contributed by atoms with Gasteiger partial charge in [-0.2, -0.15) is 0 Å². The average molecular weight is 332 g/mol. The third-order valence-electron chi connectivity index (χ3n) is 3.38. The number of thiazole rings is 1. The van der Waals surface area contributed by atoms with Gasteiger partial charge in [0.15, 0.2) is 0 Å². The summed E-state index contributed by atoms with van der Waals surface area (Å²) in [6, 6.07) is 6.14. The molecule has 3 rings (SSSR count). The molecule has 0 amide bonds. The van der Waals surface area contributed by atoms with E-state index in [1.165, 1.54) is 23.5 Å². The zero-order chi connectivity index (χ0) is 12.5. The van der Waals surface area contributed by atoms with Crippen LogP contribution in [-0.2, 0) is 6.42 Å². The summed E-state index contributed by atoms with van der Waals surface area (Å²) in [7, 11) is 0. The van der Waals surface area contributed by atoms with Crippen molar-refractivity contribution in [2.24, 2.45) is 0 Å². The van der Waals surface area contributed by atoms with Crippen LogP contribution in [0.5, 0.6) is 0 Å². The summed E-state index contributed by atoms with van der Waals surface area (Å²) in [5.74, 6) is 0. The summed E-state index contributed by atoms with van der Waals surface area (Å²) in [6.07, 6.45) is 3.52. The first kappa shape index (κ1) is 17.1. The van der Waals surface area contributed by atoms with Gasteiger partial charge < -0.3 is 11.1 Å². The van der Waals surface area contributed by atoms with Crippen LogP contribution in [0.15, 0.2) is 18.2 Å². The molecule has 2 aromatic rings. The summed E-state index contributed by atoms with van der Waals surface area (Å²) in [5.41, 5.74) is 10.4. The molecule has 0 unspecified atom stereocenters. The Labute approximate surface area is 135 Å². The number of para-hydroxylation sites is 1. The van der Waals surface area contributed by atoms with E-state index in [1.54, 1.807) is 11.3 Å². The maximum atomic E-state index is 6.15. The molecule has 0 saturated carbocycles. The van der Waals surface area contributed by atoms with Crippen molar-refractivity contribution < 1.29 is 0 Å². The number of anilines is 2. The second-order valence-electron chi connectivity index (χ2n) is 4.71. The number of nitrogens with zero attached hydrogens (tertiary/aromatic N) is 1. The van der Waals surface area contributed by atoms with Gasteiger partial charge in [-0.05, 0) is 37.8 Å². The van der Waals surface area contributed by atoms with Crippen LogP contribution in [0.1, 0.15) is 24.1 Å². The monoisotopic (exact) mass is 331 g/mol. The summed E-state index contributed by atoms with van der Waals surface area (Å²) in [5, 5.41) is 5.73. The molecular formula is C14H19Cl2N3S. The minimum absolute atomic E-state index is 0. The van der Waals surface area contributed by atoms with Crippen molar-refractivity contribution >= 4 is 46.8 Å². The summed E-state index contributed by atoms with van der Waals surface area (Å²) in [6.45, 7) is 3.09. The molecule has 0 radical (unpaired) electrons. The number of aryl methyl sites for hydroxylation is 2. The fourth-order valence-electron chi connectivity index (χ4n) is 2.26. The van der Waals surface area contributed by atoms with Crippen molar-refractivity contribution in [2.45, 2.75) is 26.2 Å². The first-order valence-electron chi connectivity index (χ1n) is 6.35. The lowest BCUT2D eigenvalue weighted by atomic mass is 10.1. The molecule has 6 heteroatoms. The SMILES string of the molecule is Cc1cccc(-c2nc3c(s2)NCCCC3)c1N.Cl.Cl. The van der Waals surface area contributed by atoms with Crippen LogP contribution in [0, 0.1) is 6.92 Å². The molecule has 1 aliphatic rings. The maximum Gasteiger partial charge on any atom is 0.127 e. The number of fused-ring (bicyclic) bond motifs is 1. The minimum Gasteiger partial charge on any atom is -0.398 e. The number of benzene rings is 1. The average Bonchev–Trinajstić information content (AvgIpc) is 2.64. The van der Waals surface area contributed by atoms with Crippen LogP contribution in [0.25, 0.3) is 10.6 Å². The topological polar surface area (TPSA) is 50.9 Å². The van der Waals surface area contributed by atoms with Gasteiger partial charge in [0.2, 0.25) is 0 Å². The molecule has 0 atom stereocenters. The number of halogens is 2. The summed E-state index contributed by atoms with van der Waals surface area (Å²) < 4.78 is 0. The van der Waals surface area contributed by atoms with Gasteiger partial charge in [0.25, 0.3) is 0 Å². The summed E-state index contributed by atoms with van der Waals surface area (Å²) >= 11 is 1.72. The standard InChI is InChI=1S/C14H17N3S.2ClH/c1-9-5-4-6-10(12(9)15)13-17-11-7-2-3-8-16-14(11)18-13;;/h4-6,16H,2-3,7-8,15H2,1H3;2*1H. The highest BCUT2D eigenvalue weighted by atomic mass is 35.5. The largest absolute Gasteiger partial charge is 0.398 e. The van der Waals surface area contributed by atoms with Crippen LogP contribution in [0.4, 0.5) is 10.7 Å². The lowest BCUT2D eigenvalue weighted by molar-refractivity contribution is 0.775. The lowest BCUT2D eigenvalue weighted by Crippen LogP contribution is -1.96. The molecular weight excluding hydrogens is 313 g/mol. The molecule has 2 heterocycles. The molecule has 0 saturated heterocycles. The fourth-order valence-corrected chi connectivity index (χ4v) is 3.34. The number of nitrogens with one attached hydrogen (secondary N) is 1. The third kappa shape index (κ3) is 3.19. The predicted molar refractivity (Wildman–Crippen MR) is 92.6 cm³/mol. The van der Waals surface area contributed by atoms with E-state index in [9.17, 15) is 0 Å². The zero-order valence-corrected chi connectivity index (χ0v) is 13.8. The number of nitrogen functional groups attached to an aromatic ring is 1. The van der Waals surface area contributed by atoms with Gasteiger partial charge in [-0.3, -0.25) is 0 Å². The number of rotatable bonds is 1. The van der Waals surface area contributed by atoms with Crippen LogP contribution >= 0.6 is 36.2 Å². The van der Waals surface area contributed by atoms with Crippen LogP contribution in [-0.4, -0.2) is 11.5 Å². The Hall–Kier alpha value is -0.970. The number of nitrogens with two attached hydrogens (primary N) is 1. The molecule has 3 N–H and O–H groups in total. The molecule has 0 bridgehead atoms. The van der Waals surface area contributed by atoms with Crippen molar-refractivity contribution in [3.8, 4) is 10.6 Å². The molecule has 0 aliphatic carbocycles. The molecule has 0 spiro atoms. The van der Waals surface area contributed by atoms with Crippen LogP contribution < -0.4 is 11.1 Å². The van der Waals surface area contributed by atoms with Gasteiger partial charge in [0.05, 0.1) is 5.69 Å². The smallest absolute Gasteiger partial charge is 0.127 e. The van der Waals surface area contributed by atoms with Gasteiger partial charge in [0, 0.05) is 17.8 Å². The molecule has 110 valence electrons. The van der Waals surface area contributed by atoms with Crippen molar-refractivity contribution in [3.05, 3.63) is 29.5 Å². The van der Waals surface area contributed by atoms with E-state index in [0.717, 1.165) is 34.8 Å². The Morgan fingerprint density at radius 1 is 1.25 bits per heavy atom. The first-order valence-corrected chi connectivity index (χ1v) is 7.16. The molecule has 20 heavy (non-hydrogen) atoms. The van der Waals surface area contributed by atoms with Crippen LogP contribution in [0.3, 0.4) is 0 Å². The van der Waals surface area contributed by atoms with E-state index >= 15 is 0 Å². The van der Waals surface area contributed by atoms with Crippen LogP contribution in [0.2, 0.25) is 0 Å². The highest BCUT2D eigenvalue weighted by Crippen LogP contribution is 2.37. The van der Waals surface area contributed by atoms with Gasteiger partial charge in [-0.15, -0.1) is 24.8 Å². The third-order valence-corrected chi connectivity index (χ3v) is 4.47. The van der Waals surface area contributed by atoms with Gasteiger partial charge in [0.1, 0.15) is 10.0 Å². The normalized spacial score (nSPS) is 13.2. The van der Waals surface area contributed by atoms with Crippen molar-refractivity contribution in [3.63, 3.8) is 0 Å². The Kier molecular flexibility index (Phi) is 6.11. The quantitative estimate of drug-likeness (QED) is 0.766. The first-order chi connectivity index (χ1) is 8.75. The number of hydrogen-bond donors (Lipinski definition) is 2. The lowest BCUT2D eigenvalue weighted by Gasteiger charge is -2.05. The van der Waals surface area contributed by atoms with E-state index in [-0.39, 0.29) is 24.8 Å². The summed E-state index contributed by atoms with van der Waals surface area (Å²) in [4.78, 5) is 4.76. The number of aromatic nitrogens is 1. The van der Waals surface area contributed by atoms with E-state index in [0.29, 0.717) is 0 Å². The molecule has 0 fully saturated rings. The maximum absolute atomic E-state index is 6.15. The highest BCUT2D eigenvalue weighted by Gasteiger charge is 2.16. The Bertz CT molecular complexity index is 560. The fraction of sp³-hybridized carbons (Fsp3) is 0.357. The number of hydrogen-bond acceptors (Lipinski definition) is 4. The minimum atomic E-state index is 0. The van der Waals surface area contributed by atoms with Gasteiger partial charge in [-0.25, -0.2) is 4.98 Å². The van der Waals surface area contributed by atoms with E-state index in [4.69, 9.17) is 10.7 Å². The van der Waals surface area contributed by atoms with Gasteiger partial charge >= 0.3 is 0 Å².